The van der Waals surface area contributed by atoms with Crippen molar-refractivity contribution in [3.05, 3.63) is 87.6 Å². The molecule has 0 heterocycles. The average molecular weight is 539 g/mol. The second kappa shape index (κ2) is 9.01. The molecule has 1 amide bonds. The Balaban J connectivity index is 1.86. The molecule has 0 spiro atoms. The minimum Gasteiger partial charge on any atom is -0.510 e. The van der Waals surface area contributed by atoms with Crippen LogP contribution in [-0.2, 0) is 9.59 Å². The first-order chi connectivity index (χ1) is 18.4. The number of carbonyl (C=O) groups excluding carboxylic acids is 3. The fourth-order valence-electron chi connectivity index (χ4n) is 6.44. The van der Waals surface area contributed by atoms with Gasteiger partial charge in [0.1, 0.15) is 28.7 Å². The molecule has 2 aromatic rings. The number of nitrogens with one attached hydrogen (secondary N) is 1. The van der Waals surface area contributed by atoms with Crippen molar-refractivity contribution in [3.63, 3.8) is 0 Å². The largest absolute Gasteiger partial charge is 0.510 e. The first-order valence-corrected chi connectivity index (χ1v) is 12.2. The summed E-state index contributed by atoms with van der Waals surface area (Å²) in [5.74, 6) is -9.97. The highest BCUT2D eigenvalue weighted by atomic mass is 19.1. The molecule has 3 aliphatic carbocycles. The number of rotatable bonds is 3. The van der Waals surface area contributed by atoms with E-state index in [1.807, 2.05) is 0 Å². The summed E-state index contributed by atoms with van der Waals surface area (Å²) in [6, 6.07) is 8.19. The van der Waals surface area contributed by atoms with Crippen LogP contribution in [0.3, 0.4) is 0 Å². The van der Waals surface area contributed by atoms with Gasteiger partial charge < -0.3 is 30.8 Å². The summed E-state index contributed by atoms with van der Waals surface area (Å²) in [6.07, 6.45) is -1.75. The molecule has 10 nitrogen and oxygen atoms in total. The van der Waals surface area contributed by atoms with E-state index in [1.165, 1.54) is 62.4 Å². The molecule has 5 rings (SSSR count). The molecule has 11 heteroatoms. The molecule has 6 atom stereocenters. The first-order valence-electron chi connectivity index (χ1n) is 12.2. The van der Waals surface area contributed by atoms with Crippen LogP contribution >= 0.6 is 0 Å². The van der Waals surface area contributed by atoms with Crippen LogP contribution < -0.4 is 5.32 Å². The lowest BCUT2D eigenvalue weighted by molar-refractivity contribution is -0.162. The van der Waals surface area contributed by atoms with Crippen LogP contribution in [0.4, 0.5) is 4.39 Å². The monoisotopic (exact) mass is 538 g/mol. The number of fused-ring (bicyclic) bond motifs is 3. The van der Waals surface area contributed by atoms with Crippen molar-refractivity contribution in [2.24, 2.45) is 11.8 Å². The molecule has 0 fully saturated rings. The van der Waals surface area contributed by atoms with Crippen molar-refractivity contribution < 1.29 is 44.3 Å². The van der Waals surface area contributed by atoms with Gasteiger partial charge in [0, 0.05) is 24.5 Å². The lowest BCUT2D eigenvalue weighted by Gasteiger charge is -2.54. The molecule has 0 saturated carbocycles. The van der Waals surface area contributed by atoms with Crippen LogP contribution in [0.15, 0.2) is 65.1 Å². The fraction of sp³-hybridized carbons (Fsp3) is 0.321. The van der Waals surface area contributed by atoms with E-state index in [4.69, 9.17) is 0 Å². The van der Waals surface area contributed by atoms with Crippen molar-refractivity contribution in [2.75, 3.05) is 21.1 Å². The van der Waals surface area contributed by atoms with Crippen LogP contribution in [0, 0.1) is 17.7 Å². The molecule has 2 aromatic carbocycles. The van der Waals surface area contributed by atoms with E-state index in [-0.39, 0.29) is 11.1 Å². The zero-order chi connectivity index (χ0) is 28.5. The number of amides is 1. The Kier molecular flexibility index (Phi) is 6.13. The molecule has 0 saturated heterocycles. The number of aliphatic hydroxyl groups is 4. The molecule has 0 aliphatic heterocycles. The number of hydrogen-bond donors (Lipinski definition) is 6. The Morgan fingerprint density at radius 2 is 1.69 bits per heavy atom. The number of ketones is 2. The number of likely N-dealkylation sites (N-methyl/N-ethyl adjacent to an activating group) is 2. The number of phenols is 1. The molecule has 39 heavy (non-hydrogen) atoms. The van der Waals surface area contributed by atoms with Gasteiger partial charge in [-0.3, -0.25) is 19.3 Å². The highest BCUT2D eigenvalue weighted by molar-refractivity contribution is 6.25. The molecular formula is C28H27FN2O8. The second-order valence-corrected chi connectivity index (χ2v) is 10.2. The van der Waals surface area contributed by atoms with E-state index >= 15 is 0 Å². The number of hydrogen-bond acceptors (Lipinski definition) is 9. The normalized spacial score (nSPS) is 30.2. The quantitative estimate of drug-likeness (QED) is 0.313. The van der Waals surface area contributed by atoms with E-state index in [0.29, 0.717) is 5.56 Å². The molecule has 0 unspecified atom stereocenters. The molecule has 6 N–H and O–H groups in total. The molecular weight excluding hydrogens is 511 g/mol. The van der Waals surface area contributed by atoms with Gasteiger partial charge in [0.15, 0.2) is 11.4 Å². The minimum atomic E-state index is -2.97. The van der Waals surface area contributed by atoms with Gasteiger partial charge in [0.25, 0.3) is 5.91 Å². The van der Waals surface area contributed by atoms with Crippen LogP contribution in [0.5, 0.6) is 5.75 Å². The van der Waals surface area contributed by atoms with E-state index in [0.717, 1.165) is 0 Å². The summed E-state index contributed by atoms with van der Waals surface area (Å²) >= 11 is 0. The zero-order valence-corrected chi connectivity index (χ0v) is 21.2. The van der Waals surface area contributed by atoms with Crippen molar-refractivity contribution in [1.82, 2.24) is 10.2 Å². The van der Waals surface area contributed by atoms with Gasteiger partial charge >= 0.3 is 0 Å². The number of aliphatic hydroxyl groups excluding tert-OH is 3. The summed E-state index contributed by atoms with van der Waals surface area (Å²) in [5.41, 5.74) is -3.82. The van der Waals surface area contributed by atoms with Crippen LogP contribution in [-0.4, -0.2) is 86.8 Å². The zero-order valence-electron chi connectivity index (χ0n) is 21.2. The van der Waals surface area contributed by atoms with Gasteiger partial charge in [-0.2, -0.15) is 0 Å². The minimum absolute atomic E-state index is 0.212. The lowest BCUT2D eigenvalue weighted by Crippen LogP contribution is -2.68. The van der Waals surface area contributed by atoms with Crippen molar-refractivity contribution in [2.45, 2.75) is 23.7 Å². The average Bonchev–Trinajstić information content (AvgIpc) is 2.89. The SMILES string of the molecule is CNC(=O)C1=C(O)[C@@H](N(C)C)[C@@H]2[C@@H](O)[C@H]3C(=C(O)[C@]2(O)C1=O)C(=O)c1c(O)cccc1[C@@H]3c1ccc(F)cc1. The van der Waals surface area contributed by atoms with E-state index in [9.17, 15) is 44.3 Å². The number of carbonyl (C=O) groups is 3. The maximum Gasteiger partial charge on any atom is 0.258 e. The third kappa shape index (κ3) is 3.47. The number of aromatic hydroxyl groups is 1. The van der Waals surface area contributed by atoms with Gasteiger partial charge in [-0.25, -0.2) is 4.39 Å². The molecule has 3 aliphatic rings. The smallest absolute Gasteiger partial charge is 0.258 e. The number of nitrogens with zero attached hydrogens (tertiary/aromatic N) is 1. The Bertz CT molecular complexity index is 1480. The molecule has 204 valence electrons. The number of benzene rings is 2. The second-order valence-electron chi connectivity index (χ2n) is 10.2. The Morgan fingerprint density at radius 3 is 2.28 bits per heavy atom. The Labute approximate surface area is 222 Å². The number of halogens is 1. The highest BCUT2D eigenvalue weighted by Crippen LogP contribution is 2.56. The third-order valence-corrected chi connectivity index (χ3v) is 8.10. The van der Waals surface area contributed by atoms with Gasteiger partial charge in [-0.1, -0.05) is 24.3 Å². The Morgan fingerprint density at radius 1 is 1.05 bits per heavy atom. The van der Waals surface area contributed by atoms with Crippen molar-refractivity contribution in [1.29, 1.82) is 0 Å². The van der Waals surface area contributed by atoms with Crippen LogP contribution in [0.25, 0.3) is 0 Å². The van der Waals surface area contributed by atoms with E-state index in [1.54, 1.807) is 6.07 Å². The standard InChI is InChI=1S/C28H27FN2O8/c1-30-27(38)19-24(35)21(31(2)3)20-23(34)17-15(11-7-9-12(29)10-8-11)13-5-4-6-14(32)16(13)22(33)18(17)25(36)28(20,39)26(19)37/h4-10,15,17,20-21,23,32,34-36,39H,1-3H3,(H,30,38)/t15-,17+,20+,21-,23-,28-/m0/s1. The highest BCUT2D eigenvalue weighted by Gasteiger charge is 2.67. The molecule has 0 radical (unpaired) electrons. The summed E-state index contributed by atoms with van der Waals surface area (Å²) in [6.45, 7) is 0. The summed E-state index contributed by atoms with van der Waals surface area (Å²) in [4.78, 5) is 41.4. The first kappa shape index (κ1) is 26.5. The van der Waals surface area contributed by atoms with Crippen molar-refractivity contribution in [3.8, 4) is 5.75 Å². The summed E-state index contributed by atoms with van der Waals surface area (Å²) in [5, 5.41) is 59.3. The molecule has 0 aromatic heterocycles. The van der Waals surface area contributed by atoms with Gasteiger partial charge in [0.2, 0.25) is 5.78 Å². The fourth-order valence-corrected chi connectivity index (χ4v) is 6.44. The third-order valence-electron chi connectivity index (χ3n) is 8.10. The van der Waals surface area contributed by atoms with Gasteiger partial charge in [0.05, 0.1) is 23.6 Å². The van der Waals surface area contributed by atoms with E-state index < -0.39 is 87.2 Å². The lowest BCUT2D eigenvalue weighted by atomic mass is 9.54. The maximum absolute atomic E-state index is 13.8. The maximum atomic E-state index is 13.8. The van der Waals surface area contributed by atoms with Crippen molar-refractivity contribution >= 4 is 17.5 Å². The van der Waals surface area contributed by atoms with Gasteiger partial charge in [-0.15, -0.1) is 0 Å². The van der Waals surface area contributed by atoms with Crippen LogP contribution in [0.2, 0.25) is 0 Å². The summed E-state index contributed by atoms with van der Waals surface area (Å²) < 4.78 is 13.8. The number of phenolic OH excluding ortho intramolecular Hbond substituents is 1. The van der Waals surface area contributed by atoms with Gasteiger partial charge in [-0.05, 0) is 43.4 Å². The molecule has 0 bridgehead atoms. The summed E-state index contributed by atoms with van der Waals surface area (Å²) in [7, 11) is 4.18. The predicted octanol–water partition coefficient (Wildman–Crippen LogP) is 1.08. The topological polar surface area (TPSA) is 168 Å². The predicted molar refractivity (Wildman–Crippen MR) is 134 cm³/mol. The number of Topliss-reactive ketones (excluding diaryl/α,β-unsaturated/α-hetero) is 2. The van der Waals surface area contributed by atoms with E-state index in [2.05, 4.69) is 5.32 Å². The van der Waals surface area contributed by atoms with Crippen LogP contribution in [0.1, 0.15) is 27.4 Å². The Hall–Kier alpha value is -4.06.